The fourth-order valence-electron chi connectivity index (χ4n) is 2.84. The summed E-state index contributed by atoms with van der Waals surface area (Å²) in [4.78, 5) is 2.53. The van der Waals surface area contributed by atoms with Gasteiger partial charge in [-0.05, 0) is 31.0 Å². The summed E-state index contributed by atoms with van der Waals surface area (Å²) < 4.78 is 5.51. The number of aromatic hydroxyl groups is 1. The Labute approximate surface area is 121 Å². The normalized spacial score (nSPS) is 17.9. The highest BCUT2D eigenvalue weighted by atomic mass is 16.5. The van der Waals surface area contributed by atoms with Crippen molar-refractivity contribution in [3.63, 3.8) is 0 Å². The van der Waals surface area contributed by atoms with Gasteiger partial charge >= 0.3 is 0 Å². The first kappa shape index (κ1) is 15.1. The summed E-state index contributed by atoms with van der Waals surface area (Å²) in [6.45, 7) is 8.99. The Balaban J connectivity index is 2.21. The molecule has 2 rings (SSSR count). The number of benzene rings is 1. The summed E-state index contributed by atoms with van der Waals surface area (Å²) in [7, 11) is 0. The molecule has 1 fully saturated rings. The molecule has 1 saturated heterocycles. The van der Waals surface area contributed by atoms with Crippen LogP contribution in [-0.2, 0) is 0 Å². The van der Waals surface area contributed by atoms with Crippen LogP contribution >= 0.6 is 0 Å². The Morgan fingerprint density at radius 2 is 2.05 bits per heavy atom. The lowest BCUT2D eigenvalue weighted by Gasteiger charge is -2.35. The van der Waals surface area contributed by atoms with Crippen LogP contribution in [0.25, 0.3) is 0 Å². The molecule has 0 aliphatic carbocycles. The lowest BCUT2D eigenvalue weighted by Crippen LogP contribution is -2.45. The predicted octanol–water partition coefficient (Wildman–Crippen LogP) is 2.54. The Morgan fingerprint density at radius 3 is 2.70 bits per heavy atom. The third kappa shape index (κ3) is 3.64. The quantitative estimate of drug-likeness (QED) is 0.839. The highest BCUT2D eigenvalue weighted by Gasteiger charge is 2.22. The number of hydrogen-bond donors (Lipinski definition) is 2. The molecule has 0 spiro atoms. The van der Waals surface area contributed by atoms with Crippen LogP contribution in [0.3, 0.4) is 0 Å². The minimum Gasteiger partial charge on any atom is -0.504 e. The van der Waals surface area contributed by atoms with Crippen molar-refractivity contribution in [2.24, 2.45) is 0 Å². The number of phenols is 1. The van der Waals surface area contributed by atoms with E-state index in [1.165, 1.54) is 5.56 Å². The molecule has 1 aliphatic rings. The van der Waals surface area contributed by atoms with E-state index in [0.29, 0.717) is 18.4 Å². The van der Waals surface area contributed by atoms with Crippen LogP contribution in [0.2, 0.25) is 0 Å². The Bertz CT molecular complexity index is 417. The second-order valence-electron chi connectivity index (χ2n) is 5.25. The molecule has 2 N–H and O–H groups in total. The average molecular weight is 278 g/mol. The smallest absolute Gasteiger partial charge is 0.161 e. The maximum absolute atomic E-state index is 9.84. The van der Waals surface area contributed by atoms with Crippen LogP contribution in [0.5, 0.6) is 11.5 Å². The van der Waals surface area contributed by atoms with Gasteiger partial charge in [-0.1, -0.05) is 19.4 Å². The van der Waals surface area contributed by atoms with Gasteiger partial charge in [0, 0.05) is 32.2 Å². The second-order valence-corrected chi connectivity index (χ2v) is 5.25. The zero-order valence-corrected chi connectivity index (χ0v) is 12.6. The highest BCUT2D eigenvalue weighted by Crippen LogP contribution is 2.33. The Hall–Kier alpha value is -1.26. The first-order valence-electron chi connectivity index (χ1n) is 7.66. The molecule has 0 radical (unpaired) electrons. The minimum atomic E-state index is 0.228. The molecule has 0 amide bonds. The molecule has 112 valence electrons. The molecule has 0 unspecified atom stereocenters. The summed E-state index contributed by atoms with van der Waals surface area (Å²) in [6.07, 6.45) is 2.29. The van der Waals surface area contributed by atoms with Crippen LogP contribution in [0.15, 0.2) is 18.2 Å². The van der Waals surface area contributed by atoms with Gasteiger partial charge in [0.1, 0.15) is 0 Å². The third-order valence-corrected chi connectivity index (χ3v) is 3.82. The van der Waals surface area contributed by atoms with E-state index in [1.807, 2.05) is 19.1 Å². The van der Waals surface area contributed by atoms with Gasteiger partial charge in [-0.25, -0.2) is 0 Å². The summed E-state index contributed by atoms with van der Waals surface area (Å²) in [5, 5.41) is 13.2. The van der Waals surface area contributed by atoms with Crippen LogP contribution < -0.4 is 10.1 Å². The number of ether oxygens (including phenoxy) is 1. The molecule has 0 bridgehead atoms. The van der Waals surface area contributed by atoms with E-state index >= 15 is 0 Å². The van der Waals surface area contributed by atoms with Crippen molar-refractivity contribution >= 4 is 0 Å². The molecule has 1 aromatic rings. The molecule has 4 heteroatoms. The number of nitrogens with zero attached hydrogens (tertiary/aromatic N) is 1. The number of phenolic OH excluding ortho intramolecular Hbond substituents is 1. The van der Waals surface area contributed by atoms with Crippen LogP contribution in [0.4, 0.5) is 0 Å². The monoisotopic (exact) mass is 278 g/mol. The van der Waals surface area contributed by atoms with E-state index in [4.69, 9.17) is 4.74 Å². The lowest BCUT2D eigenvalue weighted by atomic mass is 9.99. The topological polar surface area (TPSA) is 44.7 Å². The second kappa shape index (κ2) is 7.50. The van der Waals surface area contributed by atoms with E-state index in [2.05, 4.69) is 17.1 Å². The molecule has 1 heterocycles. The van der Waals surface area contributed by atoms with Crippen LogP contribution in [0, 0.1) is 0 Å². The van der Waals surface area contributed by atoms with Crippen LogP contribution in [-0.4, -0.2) is 42.8 Å². The van der Waals surface area contributed by atoms with Gasteiger partial charge < -0.3 is 15.2 Å². The third-order valence-electron chi connectivity index (χ3n) is 3.82. The molecular formula is C16H26N2O2. The van der Waals surface area contributed by atoms with Crippen molar-refractivity contribution in [1.29, 1.82) is 0 Å². The molecule has 1 aliphatic heterocycles. The Kier molecular flexibility index (Phi) is 5.68. The first-order chi connectivity index (χ1) is 9.76. The van der Waals surface area contributed by atoms with E-state index < -0.39 is 0 Å². The van der Waals surface area contributed by atoms with E-state index in [1.54, 1.807) is 6.07 Å². The van der Waals surface area contributed by atoms with Crippen molar-refractivity contribution in [3.05, 3.63) is 23.8 Å². The van der Waals surface area contributed by atoms with E-state index in [9.17, 15) is 5.11 Å². The molecule has 1 atom stereocenters. The van der Waals surface area contributed by atoms with Gasteiger partial charge in [-0.15, -0.1) is 0 Å². The van der Waals surface area contributed by atoms with Gasteiger partial charge in [0.15, 0.2) is 11.5 Å². The number of rotatable bonds is 6. The predicted molar refractivity (Wildman–Crippen MR) is 81.4 cm³/mol. The fraction of sp³-hybridized carbons (Fsp3) is 0.625. The maximum atomic E-state index is 9.84. The minimum absolute atomic E-state index is 0.228. The first-order valence-corrected chi connectivity index (χ1v) is 7.66. The summed E-state index contributed by atoms with van der Waals surface area (Å²) in [6, 6.07) is 6.20. The van der Waals surface area contributed by atoms with Gasteiger partial charge in [0.25, 0.3) is 0 Å². The standard InChI is InChI=1S/C16H26N2O2/c1-3-5-14(18-10-8-17-9-11-18)13-6-7-15(19)16(12-13)20-4-2/h6-7,12,14,17,19H,3-5,8-11H2,1-2H3/t14-/m1/s1. The van der Waals surface area contributed by atoms with Gasteiger partial charge in [-0.3, -0.25) is 4.90 Å². The van der Waals surface area contributed by atoms with Crippen molar-refractivity contribution in [2.45, 2.75) is 32.7 Å². The van der Waals surface area contributed by atoms with E-state index in [0.717, 1.165) is 39.0 Å². The summed E-state index contributed by atoms with van der Waals surface area (Å²) >= 11 is 0. The highest BCUT2D eigenvalue weighted by molar-refractivity contribution is 5.42. The molecule has 1 aromatic carbocycles. The average Bonchev–Trinajstić information content (AvgIpc) is 2.48. The molecule has 20 heavy (non-hydrogen) atoms. The van der Waals surface area contributed by atoms with E-state index in [-0.39, 0.29) is 5.75 Å². The zero-order chi connectivity index (χ0) is 14.4. The van der Waals surface area contributed by atoms with Crippen molar-refractivity contribution in [3.8, 4) is 11.5 Å². The number of piperazine rings is 1. The van der Waals surface area contributed by atoms with Gasteiger partial charge in [0.05, 0.1) is 6.61 Å². The fourth-order valence-corrected chi connectivity index (χ4v) is 2.84. The van der Waals surface area contributed by atoms with Crippen molar-refractivity contribution in [1.82, 2.24) is 10.2 Å². The number of nitrogens with one attached hydrogen (secondary N) is 1. The SMILES string of the molecule is CCC[C@H](c1ccc(O)c(OCC)c1)N1CCNCC1. The molecule has 4 nitrogen and oxygen atoms in total. The van der Waals surface area contributed by atoms with Crippen molar-refractivity contribution in [2.75, 3.05) is 32.8 Å². The van der Waals surface area contributed by atoms with Gasteiger partial charge in [-0.2, -0.15) is 0 Å². The largest absolute Gasteiger partial charge is 0.504 e. The molecular weight excluding hydrogens is 252 g/mol. The summed E-state index contributed by atoms with van der Waals surface area (Å²) in [5.41, 5.74) is 1.25. The lowest BCUT2D eigenvalue weighted by molar-refractivity contribution is 0.164. The molecule has 0 saturated carbocycles. The molecule has 0 aromatic heterocycles. The zero-order valence-electron chi connectivity index (χ0n) is 12.6. The summed E-state index contributed by atoms with van der Waals surface area (Å²) in [5.74, 6) is 0.826. The number of hydrogen-bond acceptors (Lipinski definition) is 4. The van der Waals surface area contributed by atoms with Crippen LogP contribution in [0.1, 0.15) is 38.3 Å². The van der Waals surface area contributed by atoms with Gasteiger partial charge in [0.2, 0.25) is 0 Å². The maximum Gasteiger partial charge on any atom is 0.161 e. The van der Waals surface area contributed by atoms with Crippen molar-refractivity contribution < 1.29 is 9.84 Å². The Morgan fingerprint density at radius 1 is 1.30 bits per heavy atom.